The summed E-state index contributed by atoms with van der Waals surface area (Å²) in [6.45, 7) is 2.26. The molecule has 2 heterocycles. The first-order valence-electron chi connectivity index (χ1n) is 9.23. The molecule has 0 saturated carbocycles. The van der Waals surface area contributed by atoms with Crippen LogP contribution in [0.2, 0.25) is 0 Å². The predicted octanol–water partition coefficient (Wildman–Crippen LogP) is 2.72. The van der Waals surface area contributed by atoms with Crippen molar-refractivity contribution in [3.05, 3.63) is 74.8 Å². The fourth-order valence-electron chi connectivity index (χ4n) is 3.73. The van der Waals surface area contributed by atoms with E-state index in [1.54, 1.807) is 25.2 Å². The molecule has 0 radical (unpaired) electrons. The lowest BCUT2D eigenvalue weighted by Crippen LogP contribution is -2.49. The number of benzene rings is 2. The number of aromatic amines is 1. The quantitative estimate of drug-likeness (QED) is 0.679. The number of aromatic nitrogens is 2. The highest BCUT2D eigenvalue weighted by molar-refractivity contribution is 7.71. The van der Waals surface area contributed by atoms with Gasteiger partial charge in [0.1, 0.15) is 0 Å². The van der Waals surface area contributed by atoms with Gasteiger partial charge in [0.2, 0.25) is 0 Å². The van der Waals surface area contributed by atoms with Gasteiger partial charge in [-0.05, 0) is 43.0 Å². The van der Waals surface area contributed by atoms with Gasteiger partial charge < -0.3 is 14.8 Å². The molecule has 1 N–H and O–H groups in total. The number of piperazine rings is 1. The molecule has 144 valence electrons. The van der Waals surface area contributed by atoms with Gasteiger partial charge in [-0.25, -0.2) is 0 Å². The normalized spacial score (nSPS) is 17.8. The summed E-state index contributed by atoms with van der Waals surface area (Å²) in [4.78, 5) is 32.9. The van der Waals surface area contributed by atoms with Crippen molar-refractivity contribution in [2.75, 3.05) is 26.7 Å². The zero-order chi connectivity index (χ0) is 19.8. The van der Waals surface area contributed by atoms with Gasteiger partial charge in [-0.3, -0.25) is 14.2 Å². The Hall–Kier alpha value is -2.77. The molecular formula is C21H22N4O2S. The molecular weight excluding hydrogens is 372 g/mol. The van der Waals surface area contributed by atoms with Crippen LogP contribution >= 0.6 is 12.2 Å². The second kappa shape index (κ2) is 7.33. The lowest BCUT2D eigenvalue weighted by molar-refractivity contribution is 0.0498. The number of hydrogen-bond acceptors (Lipinski definition) is 4. The Morgan fingerprint density at radius 3 is 2.61 bits per heavy atom. The van der Waals surface area contributed by atoms with Crippen molar-refractivity contribution < 1.29 is 4.79 Å². The van der Waals surface area contributed by atoms with E-state index in [-0.39, 0.29) is 17.5 Å². The summed E-state index contributed by atoms with van der Waals surface area (Å²) in [6.07, 6.45) is 0. The fourth-order valence-corrected chi connectivity index (χ4v) is 3.92. The second-order valence-corrected chi connectivity index (χ2v) is 7.63. The first-order valence-corrected chi connectivity index (χ1v) is 9.64. The van der Waals surface area contributed by atoms with E-state index < -0.39 is 0 Å². The predicted molar refractivity (Wildman–Crippen MR) is 112 cm³/mol. The topological polar surface area (TPSA) is 61.3 Å². The van der Waals surface area contributed by atoms with Crippen LogP contribution in [0.5, 0.6) is 0 Å². The molecule has 3 aromatic rings. The minimum Gasteiger partial charge on any atom is -0.332 e. The van der Waals surface area contributed by atoms with Crippen molar-refractivity contribution in [3.63, 3.8) is 0 Å². The maximum Gasteiger partial charge on any atom is 0.261 e. The van der Waals surface area contributed by atoms with Gasteiger partial charge in [-0.2, -0.15) is 0 Å². The third kappa shape index (κ3) is 3.27. The molecule has 6 nitrogen and oxygen atoms in total. The van der Waals surface area contributed by atoms with Crippen LogP contribution in [0.4, 0.5) is 0 Å². The van der Waals surface area contributed by atoms with Gasteiger partial charge in [-0.15, -0.1) is 0 Å². The Morgan fingerprint density at radius 2 is 1.86 bits per heavy atom. The van der Waals surface area contributed by atoms with Crippen molar-refractivity contribution >= 4 is 29.0 Å². The largest absolute Gasteiger partial charge is 0.332 e. The number of carbonyl (C=O) groups excluding carboxylic acids is 1. The van der Waals surface area contributed by atoms with E-state index in [4.69, 9.17) is 12.2 Å². The number of rotatable bonds is 2. The van der Waals surface area contributed by atoms with Gasteiger partial charge in [0.25, 0.3) is 11.5 Å². The van der Waals surface area contributed by atoms with Gasteiger partial charge in [-0.1, -0.05) is 30.3 Å². The molecule has 2 aromatic carbocycles. The molecule has 0 aliphatic carbocycles. The number of nitrogens with zero attached hydrogens (tertiary/aromatic N) is 3. The van der Waals surface area contributed by atoms with E-state index in [1.807, 2.05) is 23.1 Å². The number of H-pyrrole nitrogens is 1. The van der Waals surface area contributed by atoms with Crippen LogP contribution in [0.15, 0.2) is 53.3 Å². The molecule has 0 spiro atoms. The van der Waals surface area contributed by atoms with E-state index in [0.717, 1.165) is 18.7 Å². The molecule has 1 amide bonds. The number of likely N-dealkylation sites (N-methyl/N-ethyl adjacent to an activating group) is 1. The average molecular weight is 395 g/mol. The Morgan fingerprint density at radius 1 is 1.11 bits per heavy atom. The molecule has 1 unspecified atom stereocenters. The Bertz CT molecular complexity index is 1150. The summed E-state index contributed by atoms with van der Waals surface area (Å²) in [5, 5.41) is 0.519. The van der Waals surface area contributed by atoms with Gasteiger partial charge in [0.05, 0.1) is 16.9 Å². The summed E-state index contributed by atoms with van der Waals surface area (Å²) in [5.41, 5.74) is 2.09. The molecule has 28 heavy (non-hydrogen) atoms. The average Bonchev–Trinajstić information content (AvgIpc) is 2.72. The van der Waals surface area contributed by atoms with Crippen molar-refractivity contribution in [2.24, 2.45) is 7.05 Å². The molecule has 1 saturated heterocycles. The van der Waals surface area contributed by atoms with E-state index in [0.29, 0.717) is 27.8 Å². The van der Waals surface area contributed by atoms with Gasteiger partial charge in [0, 0.05) is 32.2 Å². The number of hydrogen-bond donors (Lipinski definition) is 1. The fraction of sp³-hybridized carbons (Fsp3) is 0.286. The number of carbonyl (C=O) groups is 1. The monoisotopic (exact) mass is 394 g/mol. The Labute approximate surface area is 168 Å². The van der Waals surface area contributed by atoms with E-state index in [1.165, 1.54) is 4.57 Å². The third-order valence-corrected chi connectivity index (χ3v) is 5.75. The highest BCUT2D eigenvalue weighted by atomic mass is 32.1. The van der Waals surface area contributed by atoms with Crippen LogP contribution in [0.25, 0.3) is 10.9 Å². The van der Waals surface area contributed by atoms with Gasteiger partial charge in [0.15, 0.2) is 4.77 Å². The molecule has 1 atom stereocenters. The van der Waals surface area contributed by atoms with Crippen molar-refractivity contribution in [2.45, 2.75) is 6.04 Å². The number of amides is 1. The smallest absolute Gasteiger partial charge is 0.261 e. The molecule has 1 fully saturated rings. The van der Waals surface area contributed by atoms with Crippen molar-refractivity contribution in [1.29, 1.82) is 0 Å². The molecule has 1 aliphatic rings. The SMILES string of the molecule is CN1CCN(C(=O)c2ccc3c(=O)n(C)c(=S)[nH]c3c2)C(c2ccccc2)C1. The zero-order valence-corrected chi connectivity index (χ0v) is 16.7. The summed E-state index contributed by atoms with van der Waals surface area (Å²) in [6, 6.07) is 15.2. The highest BCUT2D eigenvalue weighted by Crippen LogP contribution is 2.27. The summed E-state index contributed by atoms with van der Waals surface area (Å²) < 4.78 is 1.73. The zero-order valence-electron chi connectivity index (χ0n) is 15.9. The number of nitrogens with one attached hydrogen (secondary N) is 1. The standard InChI is InChI=1S/C21H22N4O2S/c1-23-10-11-25(18(13-23)14-6-4-3-5-7-14)19(26)15-8-9-16-17(12-15)22-21(28)24(2)20(16)27/h3-9,12,18H,10-11,13H2,1-2H3,(H,22,28). The first-order chi connectivity index (χ1) is 13.5. The minimum atomic E-state index is -0.167. The highest BCUT2D eigenvalue weighted by Gasteiger charge is 2.30. The number of fused-ring (bicyclic) bond motifs is 1. The maximum absolute atomic E-state index is 13.4. The Balaban J connectivity index is 1.74. The van der Waals surface area contributed by atoms with Crippen LogP contribution < -0.4 is 5.56 Å². The van der Waals surface area contributed by atoms with Crippen LogP contribution in [0.3, 0.4) is 0 Å². The summed E-state index contributed by atoms with van der Waals surface area (Å²) in [5.74, 6) is -0.0381. The second-order valence-electron chi connectivity index (χ2n) is 7.24. The summed E-state index contributed by atoms with van der Waals surface area (Å²) in [7, 11) is 3.71. The van der Waals surface area contributed by atoms with E-state index in [9.17, 15) is 9.59 Å². The molecule has 7 heteroatoms. The van der Waals surface area contributed by atoms with E-state index in [2.05, 4.69) is 29.1 Å². The van der Waals surface area contributed by atoms with Crippen molar-refractivity contribution in [3.8, 4) is 0 Å². The van der Waals surface area contributed by atoms with Crippen LogP contribution in [-0.2, 0) is 7.05 Å². The Kier molecular flexibility index (Phi) is 4.87. The first kappa shape index (κ1) is 18.6. The van der Waals surface area contributed by atoms with Crippen LogP contribution in [0.1, 0.15) is 22.0 Å². The summed E-state index contributed by atoms with van der Waals surface area (Å²) >= 11 is 5.20. The van der Waals surface area contributed by atoms with Gasteiger partial charge >= 0.3 is 0 Å². The molecule has 0 bridgehead atoms. The van der Waals surface area contributed by atoms with E-state index >= 15 is 0 Å². The lowest BCUT2D eigenvalue weighted by Gasteiger charge is -2.40. The van der Waals surface area contributed by atoms with Crippen LogP contribution in [-0.4, -0.2) is 51.9 Å². The van der Waals surface area contributed by atoms with Crippen LogP contribution in [0, 0.1) is 4.77 Å². The molecule has 1 aliphatic heterocycles. The van der Waals surface area contributed by atoms with Crippen molar-refractivity contribution in [1.82, 2.24) is 19.4 Å². The maximum atomic E-state index is 13.4. The third-order valence-electron chi connectivity index (χ3n) is 5.38. The lowest BCUT2D eigenvalue weighted by atomic mass is 10.0. The molecule has 1 aromatic heterocycles. The minimum absolute atomic E-state index is 0.00900. The molecule has 4 rings (SSSR count).